The molecule has 0 aliphatic carbocycles. The van der Waals surface area contributed by atoms with Crippen LogP contribution in [0.25, 0.3) is 22.0 Å². The third-order valence-electron chi connectivity index (χ3n) is 4.99. The van der Waals surface area contributed by atoms with E-state index in [1.165, 1.54) is 29.4 Å². The van der Waals surface area contributed by atoms with Crippen LogP contribution < -0.4 is 5.32 Å². The number of H-pyrrole nitrogens is 1. The van der Waals surface area contributed by atoms with Crippen molar-refractivity contribution in [2.24, 2.45) is 13.0 Å². The second kappa shape index (κ2) is 12.3. The first-order valence-electron chi connectivity index (χ1n) is 10.4. The number of aromatic amines is 1. The highest BCUT2D eigenvalue weighted by atomic mass is 32.1. The van der Waals surface area contributed by atoms with E-state index < -0.39 is 0 Å². The van der Waals surface area contributed by atoms with Crippen molar-refractivity contribution >= 4 is 23.5 Å². The van der Waals surface area contributed by atoms with E-state index in [0.29, 0.717) is 0 Å². The molecule has 0 saturated carbocycles. The van der Waals surface area contributed by atoms with E-state index in [-0.39, 0.29) is 0 Å². The van der Waals surface area contributed by atoms with Crippen molar-refractivity contribution in [3.05, 3.63) is 78.6 Å². The molecule has 3 heterocycles. The van der Waals surface area contributed by atoms with Gasteiger partial charge >= 0.3 is 0 Å². The Morgan fingerprint density at radius 3 is 2.60 bits per heavy atom. The van der Waals surface area contributed by atoms with Crippen molar-refractivity contribution in [3.8, 4) is 11.1 Å². The van der Waals surface area contributed by atoms with Gasteiger partial charge in [-0.3, -0.25) is 5.10 Å². The van der Waals surface area contributed by atoms with Gasteiger partial charge in [0.15, 0.2) is 0 Å². The lowest BCUT2D eigenvalue weighted by atomic mass is 10.1. The summed E-state index contributed by atoms with van der Waals surface area (Å²) in [4.78, 5) is 0.963. The molecule has 2 N–H and O–H groups in total. The van der Waals surface area contributed by atoms with Crippen molar-refractivity contribution in [2.75, 3.05) is 6.54 Å². The van der Waals surface area contributed by atoms with Gasteiger partial charge < -0.3 is 9.88 Å². The summed E-state index contributed by atoms with van der Waals surface area (Å²) in [5.41, 5.74) is 3.57. The molecule has 4 nitrogen and oxygen atoms in total. The van der Waals surface area contributed by atoms with Crippen LogP contribution in [0.5, 0.6) is 0 Å². The minimum Gasteiger partial charge on any atom is -0.351 e. The minimum atomic E-state index is 0.773. The summed E-state index contributed by atoms with van der Waals surface area (Å²) in [5, 5.41) is 11.4. The van der Waals surface area contributed by atoms with Gasteiger partial charge in [-0.25, -0.2) is 0 Å². The first-order valence-corrected chi connectivity index (χ1v) is 10.8. The lowest BCUT2D eigenvalue weighted by Gasteiger charge is -1.99. The summed E-state index contributed by atoms with van der Waals surface area (Å²) in [7, 11) is 2.06. The van der Waals surface area contributed by atoms with Crippen LogP contribution in [0.4, 0.5) is 0 Å². The number of nitrogens with zero attached hydrogens (tertiary/aromatic N) is 2. The van der Waals surface area contributed by atoms with Gasteiger partial charge in [0.1, 0.15) is 0 Å². The average molecular weight is 423 g/mol. The number of allylic oxidation sites excluding steroid dienone is 4. The molecule has 30 heavy (non-hydrogen) atoms. The fraction of sp³-hybridized carbons (Fsp3) is 0.320. The second-order valence-electron chi connectivity index (χ2n) is 7.65. The maximum absolute atomic E-state index is 4.09. The highest BCUT2D eigenvalue weighted by Gasteiger charge is 2.14. The van der Waals surface area contributed by atoms with Gasteiger partial charge in [-0.15, -0.1) is 12.6 Å². The predicted octanol–water partition coefficient (Wildman–Crippen LogP) is 6.13. The van der Waals surface area contributed by atoms with E-state index in [1.54, 1.807) is 6.08 Å². The monoisotopic (exact) mass is 422 g/mol. The number of hydrogen-bond acceptors (Lipinski definition) is 3. The van der Waals surface area contributed by atoms with Crippen molar-refractivity contribution in [2.45, 2.75) is 33.2 Å². The minimum absolute atomic E-state index is 0.773. The Kier molecular flexibility index (Phi) is 9.71. The normalized spacial score (nSPS) is 18.6. The van der Waals surface area contributed by atoms with E-state index in [0.717, 1.165) is 22.4 Å². The van der Waals surface area contributed by atoms with Crippen molar-refractivity contribution < 1.29 is 0 Å². The van der Waals surface area contributed by atoms with Crippen LogP contribution in [0.1, 0.15) is 27.2 Å². The number of aromatic nitrogens is 3. The number of thiol groups is 1. The van der Waals surface area contributed by atoms with Crippen molar-refractivity contribution in [1.29, 1.82) is 0 Å². The molecule has 0 unspecified atom stereocenters. The Balaban J connectivity index is 0.000000181. The number of hydrogen-bond donors (Lipinski definition) is 3. The summed E-state index contributed by atoms with van der Waals surface area (Å²) in [6.45, 7) is 11.2. The lowest BCUT2D eigenvalue weighted by molar-refractivity contribution is 0.622. The highest BCUT2D eigenvalue weighted by Crippen LogP contribution is 2.23. The molecule has 160 valence electrons. The number of benzene rings is 1. The standard InChI is InChI=1S/C12H11N3.C7H10S.C6H13N/c1-15-5-4-10-6-9(2-3-12(10)15)11-7-13-14-8-11;1-3-5-6-7(8)4-2;1-5-3-6(2)7-4-5/h2-8H,1H3,(H,13,14);3-6,8H,1H2,2H3;5-7H,3-4H2,1-2H3/b;6-5-,7-4+;/t;;5-,6+/m..0/s1. The molecule has 1 saturated heterocycles. The largest absolute Gasteiger partial charge is 0.351 e. The van der Waals surface area contributed by atoms with Gasteiger partial charge in [-0.2, -0.15) is 5.10 Å². The summed E-state index contributed by atoms with van der Waals surface area (Å²) in [5.74, 6) is 0.912. The fourth-order valence-corrected chi connectivity index (χ4v) is 3.39. The van der Waals surface area contributed by atoms with E-state index in [1.807, 2.05) is 37.5 Å². The number of nitrogens with one attached hydrogen (secondary N) is 2. The molecule has 0 spiro atoms. The molecule has 0 bridgehead atoms. The van der Waals surface area contributed by atoms with Crippen molar-refractivity contribution in [1.82, 2.24) is 20.1 Å². The molecule has 2 aromatic heterocycles. The Labute approximate surface area is 186 Å². The van der Waals surface area contributed by atoms with Gasteiger partial charge in [0, 0.05) is 41.9 Å². The zero-order chi connectivity index (χ0) is 21.9. The van der Waals surface area contributed by atoms with Crippen LogP contribution in [-0.2, 0) is 7.05 Å². The molecule has 1 aromatic carbocycles. The second-order valence-corrected chi connectivity index (χ2v) is 8.16. The maximum Gasteiger partial charge on any atom is 0.0565 e. The third kappa shape index (κ3) is 7.39. The summed E-state index contributed by atoms with van der Waals surface area (Å²) < 4.78 is 2.12. The van der Waals surface area contributed by atoms with Crippen LogP contribution in [0, 0.1) is 5.92 Å². The topological polar surface area (TPSA) is 45.6 Å². The molecule has 1 aliphatic heterocycles. The van der Waals surface area contributed by atoms with Gasteiger partial charge in [-0.05, 0) is 67.5 Å². The molecule has 0 radical (unpaired) electrons. The van der Waals surface area contributed by atoms with E-state index in [4.69, 9.17) is 0 Å². The molecule has 1 fully saturated rings. The summed E-state index contributed by atoms with van der Waals surface area (Å²) in [6.07, 6.45) is 14.6. The first kappa shape index (κ1) is 23.8. The maximum atomic E-state index is 4.09. The molecule has 1 aliphatic rings. The van der Waals surface area contributed by atoms with Crippen LogP contribution in [0.15, 0.2) is 78.6 Å². The average Bonchev–Trinajstić information content (AvgIpc) is 3.49. The van der Waals surface area contributed by atoms with Gasteiger partial charge in [0.05, 0.1) is 6.20 Å². The zero-order valence-electron chi connectivity index (χ0n) is 18.5. The molecule has 2 atom stereocenters. The Hall–Kier alpha value is -2.50. The highest BCUT2D eigenvalue weighted by molar-refractivity contribution is 7.84. The van der Waals surface area contributed by atoms with Crippen molar-refractivity contribution in [3.63, 3.8) is 0 Å². The van der Waals surface area contributed by atoms with Gasteiger partial charge in [0.25, 0.3) is 0 Å². The van der Waals surface area contributed by atoms with Crippen LogP contribution >= 0.6 is 12.6 Å². The zero-order valence-corrected chi connectivity index (χ0v) is 19.4. The smallest absolute Gasteiger partial charge is 0.0565 e. The summed E-state index contributed by atoms with van der Waals surface area (Å²) in [6, 6.07) is 9.33. The SMILES string of the molecule is C=C/C=C\C(S)=C/C.C[C@@H]1CN[C@H](C)C1.Cn1ccc2cc(-c3cn[nH]c3)ccc21. The van der Waals surface area contributed by atoms with E-state index in [2.05, 4.69) is 90.6 Å². The molecule has 0 amide bonds. The van der Waals surface area contributed by atoms with Gasteiger partial charge in [0.2, 0.25) is 0 Å². The summed E-state index contributed by atoms with van der Waals surface area (Å²) >= 11 is 4.09. The molecule has 4 rings (SSSR count). The van der Waals surface area contributed by atoms with Crippen LogP contribution in [0.3, 0.4) is 0 Å². The molecular formula is C25H34N4S. The lowest BCUT2D eigenvalue weighted by Crippen LogP contribution is -2.16. The number of fused-ring (bicyclic) bond motifs is 1. The Morgan fingerprint density at radius 1 is 1.27 bits per heavy atom. The molecule has 5 heteroatoms. The number of aryl methyl sites for hydroxylation is 1. The van der Waals surface area contributed by atoms with E-state index >= 15 is 0 Å². The van der Waals surface area contributed by atoms with E-state index in [9.17, 15) is 0 Å². The number of rotatable bonds is 3. The van der Waals surface area contributed by atoms with Crippen LogP contribution in [-0.4, -0.2) is 27.4 Å². The quantitative estimate of drug-likeness (QED) is 0.351. The van der Waals surface area contributed by atoms with Crippen LogP contribution in [0.2, 0.25) is 0 Å². The Morgan fingerprint density at radius 2 is 2.07 bits per heavy atom. The molecule has 3 aromatic rings. The first-order chi connectivity index (χ1) is 14.4. The predicted molar refractivity (Wildman–Crippen MR) is 134 cm³/mol. The fourth-order valence-electron chi connectivity index (χ4n) is 3.31. The molecular weight excluding hydrogens is 388 g/mol. The Bertz CT molecular complexity index is 958. The third-order valence-corrected chi connectivity index (χ3v) is 5.39. The van der Waals surface area contributed by atoms with Gasteiger partial charge in [-0.1, -0.05) is 37.8 Å².